The Kier molecular flexibility index (Phi) is 3.22. The molecule has 0 spiro atoms. The fourth-order valence-electron chi connectivity index (χ4n) is 2.44. The van der Waals surface area contributed by atoms with Crippen molar-refractivity contribution in [2.75, 3.05) is 0 Å². The van der Waals surface area contributed by atoms with Gasteiger partial charge in [0.2, 0.25) is 0 Å². The molecule has 1 aliphatic carbocycles. The average molecular weight is 275 g/mol. The van der Waals surface area contributed by atoms with Crippen molar-refractivity contribution in [2.45, 2.75) is 31.7 Å². The third-order valence-electron chi connectivity index (χ3n) is 3.71. The monoisotopic (exact) mass is 275 g/mol. The number of carbonyl (C=O) groups is 1. The minimum Gasteiger partial charge on any atom is -0.476 e. The summed E-state index contributed by atoms with van der Waals surface area (Å²) in [5.74, 6) is -1.12. The summed E-state index contributed by atoms with van der Waals surface area (Å²) in [6.45, 7) is 0.409. The number of rotatable bonds is 4. The summed E-state index contributed by atoms with van der Waals surface area (Å²) in [6, 6.07) is 6.10. The average Bonchev–Trinajstić information content (AvgIpc) is 2.74. The van der Waals surface area contributed by atoms with Crippen LogP contribution in [-0.2, 0) is 6.54 Å². The van der Waals surface area contributed by atoms with E-state index >= 15 is 0 Å². The topological polar surface area (TPSA) is 68.0 Å². The first-order valence-corrected chi connectivity index (χ1v) is 6.56. The molecule has 0 bridgehead atoms. The number of carboxylic acid groups (broad SMARTS) is 1. The molecule has 20 heavy (non-hydrogen) atoms. The smallest absolute Gasteiger partial charge is 0.358 e. The Morgan fingerprint density at radius 3 is 2.60 bits per heavy atom. The number of benzene rings is 1. The Hall–Kier alpha value is -2.24. The van der Waals surface area contributed by atoms with Crippen LogP contribution < -0.4 is 0 Å². The van der Waals surface area contributed by atoms with E-state index in [1.54, 1.807) is 16.8 Å². The zero-order valence-corrected chi connectivity index (χ0v) is 10.8. The molecule has 2 aromatic rings. The van der Waals surface area contributed by atoms with E-state index < -0.39 is 5.97 Å². The van der Waals surface area contributed by atoms with Gasteiger partial charge in [0.25, 0.3) is 0 Å². The number of aromatic nitrogens is 3. The summed E-state index contributed by atoms with van der Waals surface area (Å²) < 4.78 is 14.5. The van der Waals surface area contributed by atoms with Gasteiger partial charge in [-0.25, -0.2) is 13.9 Å². The van der Waals surface area contributed by atoms with Gasteiger partial charge in [-0.15, -0.1) is 5.10 Å². The first-order chi connectivity index (χ1) is 9.65. The molecule has 0 aliphatic heterocycles. The van der Waals surface area contributed by atoms with Gasteiger partial charge in [-0.3, -0.25) is 0 Å². The standard InChI is InChI=1S/C14H14FN3O2/c15-11-6-4-9(5-7-11)8-18-13(10-2-1-3-10)12(14(19)20)16-17-18/h4-7,10H,1-3,8H2,(H,19,20). The zero-order chi connectivity index (χ0) is 14.1. The van der Waals surface area contributed by atoms with Gasteiger partial charge in [-0.2, -0.15) is 0 Å². The summed E-state index contributed by atoms with van der Waals surface area (Å²) in [5.41, 5.74) is 1.60. The van der Waals surface area contributed by atoms with Crippen LogP contribution in [0.25, 0.3) is 0 Å². The third kappa shape index (κ3) is 2.29. The molecule has 0 unspecified atom stereocenters. The first kappa shape index (κ1) is 12.8. The van der Waals surface area contributed by atoms with Crippen LogP contribution in [0.5, 0.6) is 0 Å². The highest BCUT2D eigenvalue weighted by Gasteiger charge is 2.30. The molecule has 1 N–H and O–H groups in total. The molecular formula is C14H14FN3O2. The predicted octanol–water partition coefficient (Wildman–Crippen LogP) is 2.43. The molecule has 3 rings (SSSR count). The number of hydrogen-bond donors (Lipinski definition) is 1. The number of hydrogen-bond acceptors (Lipinski definition) is 3. The Morgan fingerprint density at radius 2 is 2.05 bits per heavy atom. The maximum atomic E-state index is 12.9. The Balaban J connectivity index is 1.92. The molecule has 1 saturated carbocycles. The molecule has 0 amide bonds. The minimum absolute atomic E-state index is 0.0387. The van der Waals surface area contributed by atoms with Gasteiger partial charge >= 0.3 is 5.97 Å². The van der Waals surface area contributed by atoms with E-state index in [4.69, 9.17) is 0 Å². The molecule has 0 saturated heterocycles. The van der Waals surface area contributed by atoms with Crippen molar-refractivity contribution in [1.29, 1.82) is 0 Å². The van der Waals surface area contributed by atoms with Crippen LogP contribution in [-0.4, -0.2) is 26.1 Å². The van der Waals surface area contributed by atoms with E-state index in [0.717, 1.165) is 24.8 Å². The van der Waals surface area contributed by atoms with E-state index in [2.05, 4.69) is 10.3 Å². The summed E-state index contributed by atoms with van der Waals surface area (Å²) in [6.07, 6.45) is 3.04. The second-order valence-corrected chi connectivity index (χ2v) is 5.04. The fraction of sp³-hybridized carbons (Fsp3) is 0.357. The molecule has 1 aliphatic rings. The lowest BCUT2D eigenvalue weighted by atomic mass is 9.82. The highest BCUT2D eigenvalue weighted by Crippen LogP contribution is 2.37. The largest absolute Gasteiger partial charge is 0.476 e. The Bertz CT molecular complexity index is 632. The van der Waals surface area contributed by atoms with E-state index in [1.807, 2.05) is 0 Å². The van der Waals surface area contributed by atoms with Crippen LogP contribution in [0.15, 0.2) is 24.3 Å². The summed E-state index contributed by atoms with van der Waals surface area (Å²) >= 11 is 0. The van der Waals surface area contributed by atoms with Crippen molar-refractivity contribution < 1.29 is 14.3 Å². The third-order valence-corrected chi connectivity index (χ3v) is 3.71. The molecule has 1 heterocycles. The minimum atomic E-state index is -1.04. The lowest BCUT2D eigenvalue weighted by Gasteiger charge is -2.26. The number of carboxylic acids is 1. The van der Waals surface area contributed by atoms with Gasteiger partial charge in [0.15, 0.2) is 5.69 Å². The van der Waals surface area contributed by atoms with Crippen LogP contribution in [0.1, 0.15) is 46.9 Å². The maximum absolute atomic E-state index is 12.9. The fourth-order valence-corrected chi connectivity index (χ4v) is 2.44. The summed E-state index contributed by atoms with van der Waals surface area (Å²) in [5, 5.41) is 16.9. The van der Waals surface area contributed by atoms with Gasteiger partial charge < -0.3 is 5.11 Å². The van der Waals surface area contributed by atoms with Gasteiger partial charge in [0, 0.05) is 5.92 Å². The van der Waals surface area contributed by atoms with Crippen LogP contribution in [0, 0.1) is 5.82 Å². The van der Waals surface area contributed by atoms with Crippen molar-refractivity contribution >= 4 is 5.97 Å². The van der Waals surface area contributed by atoms with Gasteiger partial charge in [-0.1, -0.05) is 23.8 Å². The lowest BCUT2D eigenvalue weighted by Crippen LogP contribution is -2.18. The van der Waals surface area contributed by atoms with Crippen LogP contribution in [0.2, 0.25) is 0 Å². The van der Waals surface area contributed by atoms with Crippen molar-refractivity contribution in [3.05, 3.63) is 47.0 Å². The van der Waals surface area contributed by atoms with Gasteiger partial charge in [0.1, 0.15) is 5.82 Å². The summed E-state index contributed by atoms with van der Waals surface area (Å²) in [4.78, 5) is 11.2. The highest BCUT2D eigenvalue weighted by atomic mass is 19.1. The van der Waals surface area contributed by atoms with E-state index in [1.165, 1.54) is 12.1 Å². The van der Waals surface area contributed by atoms with Crippen LogP contribution >= 0.6 is 0 Å². The molecule has 0 radical (unpaired) electrons. The quantitative estimate of drug-likeness (QED) is 0.930. The molecular weight excluding hydrogens is 261 g/mol. The SMILES string of the molecule is O=C(O)c1nnn(Cc2ccc(F)cc2)c1C1CCC1. The molecule has 1 aromatic heterocycles. The predicted molar refractivity (Wildman–Crippen MR) is 69.1 cm³/mol. The number of nitrogens with zero attached hydrogens (tertiary/aromatic N) is 3. The molecule has 1 aromatic carbocycles. The van der Waals surface area contributed by atoms with Crippen molar-refractivity contribution in [3.63, 3.8) is 0 Å². The second kappa shape index (κ2) is 5.03. The Morgan fingerprint density at radius 1 is 1.35 bits per heavy atom. The lowest BCUT2D eigenvalue weighted by molar-refractivity contribution is 0.0687. The van der Waals surface area contributed by atoms with Gasteiger partial charge in [-0.05, 0) is 30.5 Å². The summed E-state index contributed by atoms with van der Waals surface area (Å²) in [7, 11) is 0. The van der Waals surface area contributed by atoms with Crippen LogP contribution in [0.4, 0.5) is 4.39 Å². The van der Waals surface area contributed by atoms with Crippen molar-refractivity contribution in [3.8, 4) is 0 Å². The van der Waals surface area contributed by atoms with Crippen molar-refractivity contribution in [2.24, 2.45) is 0 Å². The van der Waals surface area contributed by atoms with Gasteiger partial charge in [0.05, 0.1) is 12.2 Å². The molecule has 1 fully saturated rings. The van der Waals surface area contributed by atoms with E-state index in [-0.39, 0.29) is 17.4 Å². The molecule has 104 valence electrons. The van der Waals surface area contributed by atoms with E-state index in [0.29, 0.717) is 12.2 Å². The molecule has 5 nitrogen and oxygen atoms in total. The molecule has 0 atom stereocenters. The van der Waals surface area contributed by atoms with E-state index in [9.17, 15) is 14.3 Å². The normalized spacial score (nSPS) is 15.1. The Labute approximate surface area is 115 Å². The number of halogens is 1. The second-order valence-electron chi connectivity index (χ2n) is 5.04. The number of aromatic carboxylic acids is 1. The maximum Gasteiger partial charge on any atom is 0.358 e. The van der Waals surface area contributed by atoms with Crippen molar-refractivity contribution in [1.82, 2.24) is 15.0 Å². The highest BCUT2D eigenvalue weighted by molar-refractivity contribution is 5.86. The molecule has 6 heteroatoms. The zero-order valence-electron chi connectivity index (χ0n) is 10.8. The first-order valence-electron chi connectivity index (χ1n) is 6.56. The van der Waals surface area contributed by atoms with Crippen LogP contribution in [0.3, 0.4) is 0 Å².